The molecule has 0 spiro atoms. The molecule has 0 saturated carbocycles. The zero-order chi connectivity index (χ0) is 26.5. The highest BCUT2D eigenvalue weighted by molar-refractivity contribution is 6.46. The Bertz CT molecular complexity index is 1310. The Morgan fingerprint density at radius 3 is 2.38 bits per heavy atom. The van der Waals surface area contributed by atoms with E-state index in [4.69, 9.17) is 9.47 Å². The van der Waals surface area contributed by atoms with Crippen LogP contribution in [0.2, 0.25) is 0 Å². The van der Waals surface area contributed by atoms with Gasteiger partial charge in [-0.2, -0.15) is 0 Å². The Kier molecular flexibility index (Phi) is 7.94. The lowest BCUT2D eigenvalue weighted by Gasteiger charge is -2.26. The lowest BCUT2D eigenvalue weighted by atomic mass is 9.95. The third-order valence-electron chi connectivity index (χ3n) is 6.35. The van der Waals surface area contributed by atoms with E-state index in [1.807, 2.05) is 50.2 Å². The molecule has 0 radical (unpaired) electrons. The van der Waals surface area contributed by atoms with Crippen LogP contribution < -0.4 is 9.47 Å². The number of aliphatic hydroxyl groups is 1. The molecule has 1 fully saturated rings. The molecule has 1 aliphatic heterocycles. The predicted octanol–water partition coefficient (Wildman–Crippen LogP) is 4.57. The smallest absolute Gasteiger partial charge is 0.295 e. The van der Waals surface area contributed by atoms with Crippen molar-refractivity contribution in [2.45, 2.75) is 19.6 Å². The number of likely N-dealkylation sites (tertiary alicyclic amines) is 1. The second-order valence-corrected chi connectivity index (χ2v) is 9.37. The summed E-state index contributed by atoms with van der Waals surface area (Å²) in [5.41, 5.74) is 3.40. The number of aryl methyl sites for hydroxylation is 1. The van der Waals surface area contributed by atoms with Gasteiger partial charge in [0.25, 0.3) is 11.7 Å². The van der Waals surface area contributed by atoms with Crippen LogP contribution in [-0.2, 0) is 16.2 Å². The maximum absolute atomic E-state index is 13.2. The van der Waals surface area contributed by atoms with Crippen LogP contribution in [0.4, 0.5) is 0 Å². The van der Waals surface area contributed by atoms with Gasteiger partial charge in [0.2, 0.25) is 0 Å². The molecule has 1 N–H and O–H groups in total. The number of ether oxygens (including phenoxy) is 2. The van der Waals surface area contributed by atoms with Crippen LogP contribution in [0, 0.1) is 6.92 Å². The van der Waals surface area contributed by atoms with Gasteiger partial charge in [-0.15, -0.1) is 0 Å². The summed E-state index contributed by atoms with van der Waals surface area (Å²) < 4.78 is 11.3. The van der Waals surface area contributed by atoms with Gasteiger partial charge in [0.1, 0.15) is 23.9 Å². The second kappa shape index (κ2) is 11.3. The topological polar surface area (TPSA) is 79.3 Å². The lowest BCUT2D eigenvalue weighted by Crippen LogP contribution is -2.35. The van der Waals surface area contributed by atoms with Crippen LogP contribution >= 0.6 is 0 Å². The highest BCUT2D eigenvalue weighted by atomic mass is 16.5. The Balaban J connectivity index is 1.66. The zero-order valence-corrected chi connectivity index (χ0v) is 21.6. The molecule has 1 amide bonds. The number of ketones is 1. The average Bonchev–Trinajstić information content (AvgIpc) is 3.15. The molecular weight excluding hydrogens is 468 g/mol. The van der Waals surface area contributed by atoms with Crippen molar-refractivity contribution < 1.29 is 24.2 Å². The number of methoxy groups -OCH3 is 1. The molecule has 7 nitrogen and oxygen atoms in total. The Hall–Kier alpha value is -4.10. The predicted molar refractivity (Wildman–Crippen MR) is 143 cm³/mol. The van der Waals surface area contributed by atoms with Gasteiger partial charge >= 0.3 is 0 Å². The molecule has 0 aromatic heterocycles. The first-order chi connectivity index (χ1) is 17.8. The fourth-order valence-electron chi connectivity index (χ4n) is 4.41. The van der Waals surface area contributed by atoms with Crippen LogP contribution in [0.3, 0.4) is 0 Å². The molecule has 3 aromatic carbocycles. The monoisotopic (exact) mass is 500 g/mol. The summed E-state index contributed by atoms with van der Waals surface area (Å²) in [4.78, 5) is 29.7. The van der Waals surface area contributed by atoms with Crippen molar-refractivity contribution in [1.82, 2.24) is 9.80 Å². The molecule has 192 valence electrons. The highest BCUT2D eigenvalue weighted by Crippen LogP contribution is 2.40. The summed E-state index contributed by atoms with van der Waals surface area (Å²) in [5, 5.41) is 11.3. The number of nitrogens with zero attached hydrogens (tertiary/aromatic N) is 2. The Morgan fingerprint density at radius 2 is 1.70 bits per heavy atom. The number of benzene rings is 3. The van der Waals surface area contributed by atoms with Gasteiger partial charge in [-0.1, -0.05) is 42.0 Å². The molecular formula is C30H32N2O5. The molecule has 3 aromatic rings. The van der Waals surface area contributed by atoms with Crippen LogP contribution in [0.15, 0.2) is 78.4 Å². The van der Waals surface area contributed by atoms with Crippen molar-refractivity contribution >= 4 is 17.4 Å². The van der Waals surface area contributed by atoms with Gasteiger partial charge in [-0.05, 0) is 68.5 Å². The number of hydrogen-bond acceptors (Lipinski definition) is 6. The Labute approximate surface area is 217 Å². The van der Waals surface area contributed by atoms with E-state index >= 15 is 0 Å². The minimum Gasteiger partial charge on any atom is -0.507 e. The van der Waals surface area contributed by atoms with Crippen molar-refractivity contribution in [3.05, 3.63) is 101 Å². The average molecular weight is 501 g/mol. The molecule has 1 saturated heterocycles. The van der Waals surface area contributed by atoms with Gasteiger partial charge in [0.05, 0.1) is 18.7 Å². The zero-order valence-electron chi connectivity index (χ0n) is 21.6. The van der Waals surface area contributed by atoms with Crippen molar-refractivity contribution in [2.24, 2.45) is 0 Å². The molecule has 37 heavy (non-hydrogen) atoms. The van der Waals surface area contributed by atoms with Crippen molar-refractivity contribution in [3.8, 4) is 11.5 Å². The summed E-state index contributed by atoms with van der Waals surface area (Å²) in [7, 11) is 5.37. The lowest BCUT2D eigenvalue weighted by molar-refractivity contribution is -0.140. The van der Waals surface area contributed by atoms with Crippen molar-refractivity contribution in [1.29, 1.82) is 0 Å². The van der Waals surface area contributed by atoms with E-state index in [1.165, 1.54) is 4.90 Å². The van der Waals surface area contributed by atoms with Crippen LogP contribution in [0.5, 0.6) is 11.5 Å². The minimum atomic E-state index is -0.729. The van der Waals surface area contributed by atoms with Gasteiger partial charge in [0.15, 0.2) is 0 Å². The van der Waals surface area contributed by atoms with Gasteiger partial charge in [-0.3, -0.25) is 9.59 Å². The Morgan fingerprint density at radius 1 is 0.973 bits per heavy atom. The first kappa shape index (κ1) is 26.0. The van der Waals surface area contributed by atoms with E-state index in [-0.39, 0.29) is 11.3 Å². The third-order valence-corrected chi connectivity index (χ3v) is 6.35. The largest absolute Gasteiger partial charge is 0.507 e. The number of aliphatic hydroxyl groups excluding tert-OH is 1. The summed E-state index contributed by atoms with van der Waals surface area (Å²) >= 11 is 0. The number of likely N-dealkylation sites (N-methyl/N-ethyl adjacent to an activating group) is 1. The molecule has 0 bridgehead atoms. The van der Waals surface area contributed by atoms with Crippen molar-refractivity contribution in [2.75, 3.05) is 34.3 Å². The van der Waals surface area contributed by atoms with Gasteiger partial charge in [0, 0.05) is 18.7 Å². The third kappa shape index (κ3) is 5.84. The molecule has 1 atom stereocenters. The number of rotatable bonds is 9. The quantitative estimate of drug-likeness (QED) is 0.264. The summed E-state index contributed by atoms with van der Waals surface area (Å²) in [6.45, 7) is 3.35. The van der Waals surface area contributed by atoms with E-state index in [2.05, 4.69) is 6.07 Å². The number of hydrogen-bond donors (Lipinski definition) is 1. The minimum absolute atomic E-state index is 0.0606. The summed E-state index contributed by atoms with van der Waals surface area (Å²) in [6.07, 6.45) is 0. The fraction of sp³-hybridized carbons (Fsp3) is 0.267. The number of Topliss-reactive ketones (excluding diaryl/α,β-unsaturated/α-hetero) is 1. The number of carbonyl (C=O) groups is 2. The SMILES string of the molecule is COc1cccc(C2/C(=C(/O)c3ccc(OCc4cccc(C)c4)cc3)C(=O)C(=O)N2CCN(C)C)c1. The van der Waals surface area contributed by atoms with Crippen LogP contribution in [0.1, 0.15) is 28.3 Å². The molecule has 1 unspecified atom stereocenters. The molecule has 1 heterocycles. The first-order valence-electron chi connectivity index (χ1n) is 12.1. The number of carbonyl (C=O) groups excluding carboxylic acids is 2. The normalized spacial score (nSPS) is 16.9. The van der Waals surface area contributed by atoms with E-state index in [0.29, 0.717) is 42.3 Å². The maximum Gasteiger partial charge on any atom is 0.295 e. The fourth-order valence-corrected chi connectivity index (χ4v) is 4.41. The van der Waals surface area contributed by atoms with E-state index < -0.39 is 17.7 Å². The molecule has 1 aliphatic rings. The van der Waals surface area contributed by atoms with E-state index in [0.717, 1.165) is 11.1 Å². The molecule has 0 aliphatic carbocycles. The first-order valence-corrected chi connectivity index (χ1v) is 12.1. The summed E-state index contributed by atoms with van der Waals surface area (Å²) in [6, 6.07) is 21.4. The highest BCUT2D eigenvalue weighted by Gasteiger charge is 2.46. The standard InChI is InChI=1S/C30H32N2O5/c1-20-7-5-8-21(17-20)19-37-24-13-11-22(12-14-24)28(33)26-27(23-9-6-10-25(18-23)36-4)32(16-15-31(2)3)30(35)29(26)34/h5-14,17-18,27,33H,15-16,19H2,1-4H3/b28-26-. The molecule has 7 heteroatoms. The summed E-state index contributed by atoms with van der Waals surface area (Å²) in [5.74, 6) is -0.318. The maximum atomic E-state index is 13.2. The van der Waals surface area contributed by atoms with Gasteiger partial charge in [-0.25, -0.2) is 0 Å². The van der Waals surface area contributed by atoms with Crippen molar-refractivity contribution in [3.63, 3.8) is 0 Å². The second-order valence-electron chi connectivity index (χ2n) is 9.37. The molecule has 4 rings (SSSR count). The van der Waals surface area contributed by atoms with E-state index in [9.17, 15) is 14.7 Å². The van der Waals surface area contributed by atoms with Gasteiger partial charge < -0.3 is 24.4 Å². The van der Waals surface area contributed by atoms with Crippen LogP contribution in [0.25, 0.3) is 5.76 Å². The van der Waals surface area contributed by atoms with Crippen LogP contribution in [-0.4, -0.2) is 60.9 Å². The number of amides is 1. The van der Waals surface area contributed by atoms with E-state index in [1.54, 1.807) is 49.6 Å².